The van der Waals surface area contributed by atoms with Gasteiger partial charge in [0.2, 0.25) is 0 Å². The highest BCUT2D eigenvalue weighted by Crippen LogP contribution is 2.21. The van der Waals surface area contributed by atoms with Gasteiger partial charge in [0.1, 0.15) is 16.5 Å². The van der Waals surface area contributed by atoms with Crippen LogP contribution in [0.4, 0.5) is 8.78 Å². The summed E-state index contributed by atoms with van der Waals surface area (Å²) in [5.41, 5.74) is 2.46. The van der Waals surface area contributed by atoms with E-state index in [1.54, 1.807) is 25.1 Å². The van der Waals surface area contributed by atoms with Crippen molar-refractivity contribution in [3.05, 3.63) is 86.9 Å². The Labute approximate surface area is 154 Å². The molecule has 0 spiro atoms. The number of carbonyl (C=O) groups is 1. The van der Waals surface area contributed by atoms with Gasteiger partial charge in [-0.25, -0.2) is 13.8 Å². The summed E-state index contributed by atoms with van der Waals surface area (Å²) in [6, 6.07) is 12.6. The third-order valence-corrected chi connectivity index (χ3v) is 5.06. The second kappa shape index (κ2) is 8.19. The van der Waals surface area contributed by atoms with Crippen molar-refractivity contribution >= 4 is 17.2 Å². The van der Waals surface area contributed by atoms with E-state index in [1.165, 1.54) is 35.6 Å². The number of aryl methyl sites for hydroxylation is 1. The van der Waals surface area contributed by atoms with Gasteiger partial charge in [-0.1, -0.05) is 24.3 Å². The van der Waals surface area contributed by atoms with E-state index in [2.05, 4.69) is 10.3 Å². The number of thiazole rings is 1. The molecule has 0 saturated carbocycles. The van der Waals surface area contributed by atoms with Gasteiger partial charge in [0.15, 0.2) is 0 Å². The van der Waals surface area contributed by atoms with Gasteiger partial charge in [0.05, 0.1) is 10.7 Å². The summed E-state index contributed by atoms with van der Waals surface area (Å²) in [4.78, 5) is 17.4. The molecule has 26 heavy (non-hydrogen) atoms. The van der Waals surface area contributed by atoms with Crippen LogP contribution in [0.25, 0.3) is 0 Å². The maximum atomic E-state index is 13.2. The Morgan fingerprint density at radius 3 is 2.58 bits per heavy atom. The fourth-order valence-corrected chi connectivity index (χ4v) is 3.62. The molecule has 0 aliphatic rings. The largest absolute Gasteiger partial charge is 0.351 e. The number of nitrogens with one attached hydrogen (secondary N) is 1. The summed E-state index contributed by atoms with van der Waals surface area (Å²) in [5, 5.41) is 3.66. The lowest BCUT2D eigenvalue weighted by Crippen LogP contribution is -2.25. The monoisotopic (exact) mass is 372 g/mol. The zero-order valence-corrected chi connectivity index (χ0v) is 15.1. The molecule has 0 radical (unpaired) electrons. The second-order valence-electron chi connectivity index (χ2n) is 5.96. The Bertz CT molecular complexity index is 906. The summed E-state index contributed by atoms with van der Waals surface area (Å²) >= 11 is 1.34. The Balaban J connectivity index is 1.59. The minimum atomic E-state index is -0.280. The number of hydrogen-bond donors (Lipinski definition) is 1. The average Bonchev–Trinajstić information content (AvgIpc) is 2.97. The van der Waals surface area contributed by atoms with E-state index in [1.807, 2.05) is 6.07 Å². The van der Waals surface area contributed by atoms with Crippen LogP contribution in [0.3, 0.4) is 0 Å². The van der Waals surface area contributed by atoms with E-state index in [4.69, 9.17) is 0 Å². The summed E-state index contributed by atoms with van der Waals surface area (Å²) in [7, 11) is 0. The van der Waals surface area contributed by atoms with Crippen molar-refractivity contribution in [1.29, 1.82) is 0 Å². The van der Waals surface area contributed by atoms with Crippen molar-refractivity contribution in [1.82, 2.24) is 10.3 Å². The lowest BCUT2D eigenvalue weighted by molar-refractivity contribution is 0.0957. The molecule has 0 aliphatic heterocycles. The van der Waals surface area contributed by atoms with Crippen LogP contribution in [0.15, 0.2) is 48.5 Å². The molecular formula is C20H18F2N2OS. The zero-order chi connectivity index (χ0) is 18.5. The van der Waals surface area contributed by atoms with E-state index in [-0.39, 0.29) is 17.5 Å². The van der Waals surface area contributed by atoms with Crippen molar-refractivity contribution in [2.24, 2.45) is 0 Å². The molecule has 0 atom stereocenters. The van der Waals surface area contributed by atoms with Gasteiger partial charge in [-0.2, -0.15) is 0 Å². The lowest BCUT2D eigenvalue weighted by atomic mass is 10.1. The van der Waals surface area contributed by atoms with Gasteiger partial charge in [-0.05, 0) is 48.7 Å². The number of nitrogens with zero attached hydrogens (tertiary/aromatic N) is 1. The molecule has 1 heterocycles. The van der Waals surface area contributed by atoms with Crippen LogP contribution in [-0.4, -0.2) is 17.4 Å². The quantitative estimate of drug-likeness (QED) is 0.701. The van der Waals surface area contributed by atoms with Gasteiger partial charge in [-0.3, -0.25) is 4.79 Å². The smallest absolute Gasteiger partial charge is 0.263 e. The van der Waals surface area contributed by atoms with Gasteiger partial charge in [-0.15, -0.1) is 11.3 Å². The topological polar surface area (TPSA) is 42.0 Å². The van der Waals surface area contributed by atoms with Crippen LogP contribution in [0, 0.1) is 18.6 Å². The highest BCUT2D eigenvalue weighted by Gasteiger charge is 2.15. The van der Waals surface area contributed by atoms with Crippen LogP contribution < -0.4 is 5.32 Å². The average molecular weight is 372 g/mol. The standard InChI is InChI=1S/C20H18F2N2OS/c1-13-19(20(25)23-10-9-14-3-2-4-17(22)11-14)26-18(24-13)12-15-5-7-16(21)8-6-15/h2-8,11H,9-10,12H2,1H3,(H,23,25). The Morgan fingerprint density at radius 2 is 1.85 bits per heavy atom. The molecule has 1 aromatic heterocycles. The van der Waals surface area contributed by atoms with Crippen LogP contribution in [-0.2, 0) is 12.8 Å². The minimum Gasteiger partial charge on any atom is -0.351 e. The predicted molar refractivity (Wildman–Crippen MR) is 98.5 cm³/mol. The van der Waals surface area contributed by atoms with E-state index in [0.717, 1.165) is 16.1 Å². The highest BCUT2D eigenvalue weighted by molar-refractivity contribution is 7.13. The Morgan fingerprint density at radius 1 is 1.08 bits per heavy atom. The Hall–Kier alpha value is -2.60. The number of amides is 1. The van der Waals surface area contributed by atoms with E-state index < -0.39 is 0 Å². The summed E-state index contributed by atoms with van der Waals surface area (Å²) in [6.07, 6.45) is 1.12. The summed E-state index contributed by atoms with van der Waals surface area (Å²) in [6.45, 7) is 2.22. The van der Waals surface area contributed by atoms with E-state index in [9.17, 15) is 13.6 Å². The van der Waals surface area contributed by atoms with Gasteiger partial charge in [0.25, 0.3) is 5.91 Å². The van der Waals surface area contributed by atoms with Crippen molar-refractivity contribution < 1.29 is 13.6 Å². The van der Waals surface area contributed by atoms with Gasteiger partial charge < -0.3 is 5.32 Å². The van der Waals surface area contributed by atoms with Crippen LogP contribution >= 0.6 is 11.3 Å². The van der Waals surface area contributed by atoms with E-state index >= 15 is 0 Å². The maximum Gasteiger partial charge on any atom is 0.263 e. The number of benzene rings is 2. The molecule has 3 aromatic rings. The third kappa shape index (κ3) is 4.73. The third-order valence-electron chi connectivity index (χ3n) is 3.90. The maximum absolute atomic E-state index is 13.2. The number of rotatable bonds is 6. The molecule has 0 aliphatic carbocycles. The zero-order valence-electron chi connectivity index (χ0n) is 14.3. The van der Waals surface area contributed by atoms with Crippen LogP contribution in [0.1, 0.15) is 31.5 Å². The highest BCUT2D eigenvalue weighted by atomic mass is 32.1. The first-order chi connectivity index (χ1) is 12.5. The molecule has 0 unspecified atom stereocenters. The SMILES string of the molecule is Cc1nc(Cc2ccc(F)cc2)sc1C(=O)NCCc1cccc(F)c1. The Kier molecular flexibility index (Phi) is 5.73. The van der Waals surface area contributed by atoms with Crippen LogP contribution in [0.5, 0.6) is 0 Å². The van der Waals surface area contributed by atoms with Crippen molar-refractivity contribution in [3.8, 4) is 0 Å². The first kappa shape index (κ1) is 18.2. The summed E-state index contributed by atoms with van der Waals surface area (Å²) < 4.78 is 26.1. The van der Waals surface area contributed by atoms with Gasteiger partial charge in [0, 0.05) is 13.0 Å². The number of carbonyl (C=O) groups excluding carboxylic acids is 1. The van der Waals surface area contributed by atoms with Crippen molar-refractivity contribution in [2.75, 3.05) is 6.54 Å². The predicted octanol–water partition coefficient (Wildman–Crippen LogP) is 4.29. The number of halogens is 2. The normalized spacial score (nSPS) is 10.7. The molecule has 0 saturated heterocycles. The van der Waals surface area contributed by atoms with Gasteiger partial charge >= 0.3 is 0 Å². The molecule has 0 bridgehead atoms. The molecule has 1 N–H and O–H groups in total. The molecule has 6 heteroatoms. The summed E-state index contributed by atoms with van der Waals surface area (Å²) in [5.74, 6) is -0.734. The van der Waals surface area contributed by atoms with Crippen LogP contribution in [0.2, 0.25) is 0 Å². The molecule has 3 nitrogen and oxygen atoms in total. The number of hydrogen-bond acceptors (Lipinski definition) is 3. The fraction of sp³-hybridized carbons (Fsp3) is 0.200. The fourth-order valence-electron chi connectivity index (χ4n) is 2.61. The lowest BCUT2D eigenvalue weighted by Gasteiger charge is -2.04. The second-order valence-corrected chi connectivity index (χ2v) is 7.04. The van der Waals surface area contributed by atoms with Crippen molar-refractivity contribution in [3.63, 3.8) is 0 Å². The van der Waals surface area contributed by atoms with Crippen molar-refractivity contribution in [2.45, 2.75) is 19.8 Å². The molecular weight excluding hydrogens is 354 g/mol. The minimum absolute atomic E-state index is 0.179. The number of aromatic nitrogens is 1. The molecule has 2 aromatic carbocycles. The van der Waals surface area contributed by atoms with E-state index in [0.29, 0.717) is 30.0 Å². The molecule has 0 fully saturated rings. The molecule has 134 valence electrons. The first-order valence-corrected chi connectivity index (χ1v) is 9.06. The molecule has 1 amide bonds. The molecule has 3 rings (SSSR count). The first-order valence-electron chi connectivity index (χ1n) is 8.24.